The van der Waals surface area contributed by atoms with Crippen molar-refractivity contribution in [2.24, 2.45) is 5.92 Å². The second kappa shape index (κ2) is 7.44. The summed E-state index contributed by atoms with van der Waals surface area (Å²) in [5, 5.41) is 0. The Balaban J connectivity index is 2.48. The van der Waals surface area contributed by atoms with E-state index in [9.17, 15) is 4.79 Å². The molecule has 0 fully saturated rings. The molecule has 1 rings (SSSR count). The Morgan fingerprint density at radius 3 is 2.42 bits per heavy atom. The molecule has 1 unspecified atom stereocenters. The van der Waals surface area contributed by atoms with Gasteiger partial charge in [0.05, 0.1) is 0 Å². The average Bonchev–Trinajstić information content (AvgIpc) is 2.35. The van der Waals surface area contributed by atoms with Crippen molar-refractivity contribution >= 4 is 5.78 Å². The van der Waals surface area contributed by atoms with E-state index in [1.54, 1.807) is 0 Å². The van der Waals surface area contributed by atoms with Crippen molar-refractivity contribution in [3.63, 3.8) is 0 Å². The van der Waals surface area contributed by atoms with Gasteiger partial charge in [0.1, 0.15) is 0 Å². The van der Waals surface area contributed by atoms with Gasteiger partial charge >= 0.3 is 0 Å². The summed E-state index contributed by atoms with van der Waals surface area (Å²) >= 11 is 0. The molecule has 0 N–H and O–H groups in total. The molecule has 0 aromatic heterocycles. The van der Waals surface area contributed by atoms with Crippen molar-refractivity contribution in [3.05, 3.63) is 35.4 Å². The van der Waals surface area contributed by atoms with Crippen LogP contribution in [0.2, 0.25) is 0 Å². The highest BCUT2D eigenvalue weighted by atomic mass is 16.1. The quantitative estimate of drug-likeness (QED) is 0.693. The van der Waals surface area contributed by atoms with E-state index in [0.717, 1.165) is 17.7 Å². The molecule has 0 heterocycles. The summed E-state index contributed by atoms with van der Waals surface area (Å²) in [7, 11) is 2.11. The maximum atomic E-state index is 12.2. The van der Waals surface area contributed by atoms with Gasteiger partial charge in [-0.3, -0.25) is 4.79 Å². The Kier molecular flexibility index (Phi) is 6.23. The normalized spacial score (nSPS) is 13.0. The first-order chi connectivity index (χ1) is 8.91. The van der Waals surface area contributed by atoms with Gasteiger partial charge in [0.25, 0.3) is 0 Å². The van der Waals surface area contributed by atoms with Gasteiger partial charge in [-0.05, 0) is 38.8 Å². The lowest BCUT2D eigenvalue weighted by Gasteiger charge is -2.25. The van der Waals surface area contributed by atoms with Crippen molar-refractivity contribution in [1.29, 1.82) is 0 Å². The number of hydrogen-bond acceptors (Lipinski definition) is 2. The second-order valence-corrected chi connectivity index (χ2v) is 5.95. The van der Waals surface area contributed by atoms with E-state index in [-0.39, 0.29) is 5.78 Å². The Labute approximate surface area is 117 Å². The molecule has 106 valence electrons. The van der Waals surface area contributed by atoms with E-state index in [1.165, 1.54) is 6.42 Å². The number of rotatable bonds is 7. The minimum absolute atomic E-state index is 0.252. The van der Waals surface area contributed by atoms with E-state index in [4.69, 9.17) is 0 Å². The number of carbonyl (C=O) groups is 1. The molecular formula is C17H27NO. The third-order valence-electron chi connectivity index (χ3n) is 3.70. The number of benzene rings is 1. The summed E-state index contributed by atoms with van der Waals surface area (Å²) in [6.45, 7) is 9.54. The lowest BCUT2D eigenvalue weighted by Crippen LogP contribution is -2.32. The standard InChI is InChI=1S/C17H27NO/c1-13(2)12-15(4)18(5)11-10-17(19)16-9-7-6-8-14(16)3/h6-9,13,15H,10-12H2,1-5H3. The van der Waals surface area contributed by atoms with Gasteiger partial charge < -0.3 is 4.90 Å². The second-order valence-electron chi connectivity index (χ2n) is 5.95. The molecular weight excluding hydrogens is 234 g/mol. The van der Waals surface area contributed by atoms with E-state index < -0.39 is 0 Å². The molecule has 1 atom stereocenters. The zero-order valence-corrected chi connectivity index (χ0v) is 12.9. The molecule has 1 aromatic carbocycles. The van der Waals surface area contributed by atoms with Crippen molar-refractivity contribution in [2.45, 2.75) is 46.6 Å². The highest BCUT2D eigenvalue weighted by molar-refractivity contribution is 5.97. The first kappa shape index (κ1) is 15.9. The van der Waals surface area contributed by atoms with Gasteiger partial charge in [0.15, 0.2) is 5.78 Å². The molecule has 0 amide bonds. The lowest BCUT2D eigenvalue weighted by molar-refractivity contribution is 0.0959. The largest absolute Gasteiger partial charge is 0.303 e. The molecule has 2 nitrogen and oxygen atoms in total. The average molecular weight is 261 g/mol. The lowest BCUT2D eigenvalue weighted by atomic mass is 10.0. The Bertz CT molecular complexity index is 411. The topological polar surface area (TPSA) is 20.3 Å². The molecule has 0 radical (unpaired) electrons. The monoisotopic (exact) mass is 261 g/mol. The summed E-state index contributed by atoms with van der Waals surface area (Å²) in [5.41, 5.74) is 1.94. The first-order valence-electron chi connectivity index (χ1n) is 7.21. The van der Waals surface area contributed by atoms with E-state index in [1.807, 2.05) is 31.2 Å². The van der Waals surface area contributed by atoms with Gasteiger partial charge in [-0.15, -0.1) is 0 Å². The molecule has 1 aromatic rings. The molecule has 0 bridgehead atoms. The van der Waals surface area contributed by atoms with Crippen molar-refractivity contribution < 1.29 is 4.79 Å². The van der Waals surface area contributed by atoms with Gasteiger partial charge in [0, 0.05) is 24.6 Å². The van der Waals surface area contributed by atoms with Gasteiger partial charge in [-0.1, -0.05) is 38.1 Å². The number of aryl methyl sites for hydroxylation is 1. The predicted molar refractivity (Wildman–Crippen MR) is 81.7 cm³/mol. The van der Waals surface area contributed by atoms with Crippen molar-refractivity contribution in [1.82, 2.24) is 4.90 Å². The van der Waals surface area contributed by atoms with Gasteiger partial charge in [-0.25, -0.2) is 0 Å². The fraction of sp³-hybridized carbons (Fsp3) is 0.588. The third kappa shape index (κ3) is 5.15. The van der Waals surface area contributed by atoms with Gasteiger partial charge in [0.2, 0.25) is 0 Å². The maximum absolute atomic E-state index is 12.2. The third-order valence-corrected chi connectivity index (χ3v) is 3.70. The maximum Gasteiger partial charge on any atom is 0.164 e. The van der Waals surface area contributed by atoms with Crippen LogP contribution in [-0.4, -0.2) is 30.3 Å². The van der Waals surface area contributed by atoms with Crippen LogP contribution < -0.4 is 0 Å². The SMILES string of the molecule is Cc1ccccc1C(=O)CCN(C)C(C)CC(C)C. The fourth-order valence-electron chi connectivity index (χ4n) is 2.38. The summed E-state index contributed by atoms with van der Waals surface area (Å²) in [6, 6.07) is 8.37. The summed E-state index contributed by atoms with van der Waals surface area (Å²) in [6.07, 6.45) is 1.78. The smallest absolute Gasteiger partial charge is 0.164 e. The summed E-state index contributed by atoms with van der Waals surface area (Å²) in [5.74, 6) is 0.950. The summed E-state index contributed by atoms with van der Waals surface area (Å²) < 4.78 is 0. The molecule has 2 heteroatoms. The predicted octanol–water partition coefficient (Wildman–Crippen LogP) is 3.93. The Morgan fingerprint density at radius 1 is 1.21 bits per heavy atom. The molecule has 0 saturated heterocycles. The zero-order chi connectivity index (χ0) is 14.4. The van der Waals surface area contributed by atoms with E-state index >= 15 is 0 Å². The fourth-order valence-corrected chi connectivity index (χ4v) is 2.38. The van der Waals surface area contributed by atoms with Crippen LogP contribution >= 0.6 is 0 Å². The number of ketones is 1. The number of carbonyl (C=O) groups excluding carboxylic acids is 1. The van der Waals surface area contributed by atoms with Crippen LogP contribution in [0.15, 0.2) is 24.3 Å². The van der Waals surface area contributed by atoms with Crippen LogP contribution in [0.4, 0.5) is 0 Å². The minimum Gasteiger partial charge on any atom is -0.303 e. The van der Waals surface area contributed by atoms with Crippen LogP contribution in [0.5, 0.6) is 0 Å². The van der Waals surface area contributed by atoms with Crippen LogP contribution in [0.25, 0.3) is 0 Å². The van der Waals surface area contributed by atoms with E-state index in [2.05, 4.69) is 32.7 Å². The Hall–Kier alpha value is -1.15. The number of nitrogens with zero attached hydrogens (tertiary/aromatic N) is 1. The Morgan fingerprint density at radius 2 is 1.84 bits per heavy atom. The molecule has 0 aliphatic carbocycles. The number of hydrogen-bond donors (Lipinski definition) is 0. The van der Waals surface area contributed by atoms with Crippen molar-refractivity contribution in [3.8, 4) is 0 Å². The molecule has 0 spiro atoms. The highest BCUT2D eigenvalue weighted by Gasteiger charge is 2.14. The summed E-state index contributed by atoms with van der Waals surface area (Å²) in [4.78, 5) is 14.5. The molecule has 0 aliphatic rings. The molecule has 0 aliphatic heterocycles. The van der Waals surface area contributed by atoms with Crippen LogP contribution in [0.1, 0.15) is 49.5 Å². The van der Waals surface area contributed by atoms with Crippen molar-refractivity contribution in [2.75, 3.05) is 13.6 Å². The van der Waals surface area contributed by atoms with E-state index in [0.29, 0.717) is 18.4 Å². The minimum atomic E-state index is 0.252. The first-order valence-corrected chi connectivity index (χ1v) is 7.21. The van der Waals surface area contributed by atoms with Crippen LogP contribution in [0, 0.1) is 12.8 Å². The zero-order valence-electron chi connectivity index (χ0n) is 12.9. The molecule has 19 heavy (non-hydrogen) atoms. The number of Topliss-reactive ketones (excluding diaryl/α,β-unsaturated/α-hetero) is 1. The van der Waals surface area contributed by atoms with Crippen LogP contribution in [0.3, 0.4) is 0 Å². The highest BCUT2D eigenvalue weighted by Crippen LogP contribution is 2.13. The molecule has 0 saturated carbocycles. The van der Waals surface area contributed by atoms with Gasteiger partial charge in [-0.2, -0.15) is 0 Å². The van der Waals surface area contributed by atoms with Crippen LogP contribution in [-0.2, 0) is 0 Å².